The first-order chi connectivity index (χ1) is 8.37. The number of carbonyl (C=O) groups is 1. The van der Waals surface area contributed by atoms with Crippen LogP contribution in [0, 0.1) is 6.92 Å². The fraction of sp³-hybridized carbons (Fsp3) is 0.533. The Bertz CT molecular complexity index is 395. The fourth-order valence-corrected chi connectivity index (χ4v) is 1.63. The summed E-state index contributed by atoms with van der Waals surface area (Å²) in [5.41, 5.74) is 1.83. The maximum Gasteiger partial charge on any atom is 0.325 e. The van der Waals surface area contributed by atoms with Gasteiger partial charge in [-0.25, -0.2) is 0 Å². The Morgan fingerprint density at radius 1 is 1.28 bits per heavy atom. The molecule has 0 unspecified atom stereocenters. The molecular formula is C15H23NO2. The van der Waals surface area contributed by atoms with Gasteiger partial charge in [-0.2, -0.15) is 0 Å². The molecular weight excluding hydrogens is 226 g/mol. The first-order valence-electron chi connectivity index (χ1n) is 6.32. The van der Waals surface area contributed by atoms with E-state index in [0.29, 0.717) is 6.61 Å². The first-order valence-corrected chi connectivity index (χ1v) is 6.32. The highest BCUT2D eigenvalue weighted by molar-refractivity contribution is 5.79. The van der Waals surface area contributed by atoms with Crippen molar-refractivity contribution in [2.24, 2.45) is 0 Å². The summed E-state index contributed by atoms with van der Waals surface area (Å²) in [5, 5.41) is 0. The molecule has 0 aromatic heterocycles. The molecule has 0 saturated carbocycles. The van der Waals surface area contributed by atoms with E-state index in [9.17, 15) is 4.79 Å². The summed E-state index contributed by atoms with van der Waals surface area (Å²) in [6, 6.07) is 8.35. The maximum absolute atomic E-state index is 11.9. The molecule has 0 fully saturated rings. The third kappa shape index (κ3) is 3.57. The molecule has 0 atom stereocenters. The van der Waals surface area contributed by atoms with Crippen LogP contribution >= 0.6 is 0 Å². The van der Waals surface area contributed by atoms with Crippen LogP contribution in [0.3, 0.4) is 0 Å². The lowest BCUT2D eigenvalue weighted by atomic mass is 10.0. The van der Waals surface area contributed by atoms with Crippen molar-refractivity contribution in [3.8, 4) is 0 Å². The smallest absolute Gasteiger partial charge is 0.325 e. The molecule has 0 aliphatic carbocycles. The van der Waals surface area contributed by atoms with Crippen LogP contribution in [-0.4, -0.2) is 30.1 Å². The molecule has 1 rings (SSSR count). The van der Waals surface area contributed by atoms with E-state index in [-0.39, 0.29) is 5.97 Å². The standard InChI is InChI=1S/C15H23NO2/c1-6-18-14(17)15(3,4)16(5)11-13-9-7-12(2)8-10-13/h7-10H,6,11H2,1-5H3. The van der Waals surface area contributed by atoms with Gasteiger partial charge < -0.3 is 4.74 Å². The van der Waals surface area contributed by atoms with Crippen LogP contribution in [0.5, 0.6) is 0 Å². The van der Waals surface area contributed by atoms with Crippen molar-refractivity contribution in [1.29, 1.82) is 0 Å². The van der Waals surface area contributed by atoms with Crippen molar-refractivity contribution in [3.05, 3.63) is 35.4 Å². The predicted molar refractivity (Wildman–Crippen MR) is 73.4 cm³/mol. The molecule has 0 amide bonds. The highest BCUT2D eigenvalue weighted by Crippen LogP contribution is 2.18. The minimum atomic E-state index is -0.610. The number of benzene rings is 1. The van der Waals surface area contributed by atoms with Crippen LogP contribution in [0.4, 0.5) is 0 Å². The van der Waals surface area contributed by atoms with Crippen LogP contribution in [0.15, 0.2) is 24.3 Å². The minimum absolute atomic E-state index is 0.181. The zero-order valence-electron chi connectivity index (χ0n) is 12.0. The molecule has 0 aliphatic rings. The Labute approximate surface area is 110 Å². The topological polar surface area (TPSA) is 29.5 Å². The summed E-state index contributed by atoms with van der Waals surface area (Å²) in [7, 11) is 1.94. The average molecular weight is 249 g/mol. The molecule has 0 spiro atoms. The molecule has 1 aromatic carbocycles. The second kappa shape index (κ2) is 6.01. The number of carbonyl (C=O) groups excluding carboxylic acids is 1. The third-order valence-corrected chi connectivity index (χ3v) is 3.27. The number of ether oxygens (including phenoxy) is 1. The van der Waals surface area contributed by atoms with Crippen LogP contribution in [0.2, 0.25) is 0 Å². The third-order valence-electron chi connectivity index (χ3n) is 3.27. The maximum atomic E-state index is 11.9. The van der Waals surface area contributed by atoms with Gasteiger partial charge in [-0.05, 0) is 40.3 Å². The summed E-state index contributed by atoms with van der Waals surface area (Å²) in [6.45, 7) is 8.81. The van der Waals surface area contributed by atoms with E-state index in [2.05, 4.69) is 31.2 Å². The van der Waals surface area contributed by atoms with E-state index < -0.39 is 5.54 Å². The fourth-order valence-electron chi connectivity index (χ4n) is 1.63. The molecule has 0 bridgehead atoms. The van der Waals surface area contributed by atoms with E-state index in [4.69, 9.17) is 4.74 Å². The molecule has 3 nitrogen and oxygen atoms in total. The lowest BCUT2D eigenvalue weighted by Gasteiger charge is -2.33. The van der Waals surface area contributed by atoms with Gasteiger partial charge in [0, 0.05) is 6.54 Å². The van der Waals surface area contributed by atoms with E-state index in [0.717, 1.165) is 6.54 Å². The van der Waals surface area contributed by atoms with E-state index in [1.807, 2.05) is 32.7 Å². The molecule has 100 valence electrons. The number of nitrogens with zero attached hydrogens (tertiary/aromatic N) is 1. The zero-order chi connectivity index (χ0) is 13.8. The average Bonchev–Trinajstić information content (AvgIpc) is 2.32. The van der Waals surface area contributed by atoms with Gasteiger partial charge in [0.1, 0.15) is 5.54 Å². The Kier molecular flexibility index (Phi) is 4.91. The molecule has 0 saturated heterocycles. The SMILES string of the molecule is CCOC(=O)C(C)(C)N(C)Cc1ccc(C)cc1. The minimum Gasteiger partial charge on any atom is -0.465 e. The highest BCUT2D eigenvalue weighted by atomic mass is 16.5. The number of hydrogen-bond donors (Lipinski definition) is 0. The largest absolute Gasteiger partial charge is 0.465 e. The van der Waals surface area contributed by atoms with Crippen LogP contribution in [0.25, 0.3) is 0 Å². The molecule has 18 heavy (non-hydrogen) atoms. The summed E-state index contributed by atoms with van der Waals surface area (Å²) < 4.78 is 5.10. The van der Waals surface area contributed by atoms with Gasteiger partial charge in [0.2, 0.25) is 0 Å². The van der Waals surface area contributed by atoms with Crippen LogP contribution in [-0.2, 0) is 16.1 Å². The quantitative estimate of drug-likeness (QED) is 0.751. The summed E-state index contributed by atoms with van der Waals surface area (Å²) >= 11 is 0. The number of rotatable bonds is 5. The van der Waals surface area contributed by atoms with Gasteiger partial charge >= 0.3 is 5.97 Å². The van der Waals surface area contributed by atoms with Crippen molar-refractivity contribution >= 4 is 5.97 Å². The Balaban J connectivity index is 2.72. The second-order valence-corrected chi connectivity index (χ2v) is 5.12. The molecule has 0 heterocycles. The van der Waals surface area contributed by atoms with Gasteiger partial charge in [0.05, 0.1) is 6.61 Å². The predicted octanol–water partition coefficient (Wildman–Crippen LogP) is 2.77. The van der Waals surface area contributed by atoms with Crippen molar-refractivity contribution in [2.45, 2.75) is 39.8 Å². The summed E-state index contributed by atoms with van der Waals surface area (Å²) in [6.07, 6.45) is 0. The Morgan fingerprint density at radius 3 is 2.33 bits per heavy atom. The number of aryl methyl sites for hydroxylation is 1. The van der Waals surface area contributed by atoms with E-state index in [1.54, 1.807) is 0 Å². The van der Waals surface area contributed by atoms with E-state index in [1.165, 1.54) is 11.1 Å². The van der Waals surface area contributed by atoms with E-state index >= 15 is 0 Å². The molecule has 0 N–H and O–H groups in total. The number of esters is 1. The van der Waals surface area contributed by atoms with Gasteiger partial charge in [-0.1, -0.05) is 29.8 Å². The van der Waals surface area contributed by atoms with Crippen molar-refractivity contribution in [1.82, 2.24) is 4.90 Å². The molecule has 0 radical (unpaired) electrons. The summed E-state index contributed by atoms with van der Waals surface area (Å²) in [5.74, 6) is -0.181. The molecule has 3 heteroatoms. The lowest BCUT2D eigenvalue weighted by molar-refractivity contribution is -0.155. The highest BCUT2D eigenvalue weighted by Gasteiger charge is 2.33. The Hall–Kier alpha value is -1.35. The zero-order valence-corrected chi connectivity index (χ0v) is 12.0. The van der Waals surface area contributed by atoms with Crippen LogP contribution in [0.1, 0.15) is 31.9 Å². The first kappa shape index (κ1) is 14.7. The number of likely N-dealkylation sites (N-methyl/N-ethyl adjacent to an activating group) is 1. The molecule has 0 aliphatic heterocycles. The normalized spacial score (nSPS) is 11.7. The van der Waals surface area contributed by atoms with Crippen molar-refractivity contribution in [2.75, 3.05) is 13.7 Å². The van der Waals surface area contributed by atoms with Crippen molar-refractivity contribution < 1.29 is 9.53 Å². The van der Waals surface area contributed by atoms with Gasteiger partial charge in [-0.3, -0.25) is 9.69 Å². The van der Waals surface area contributed by atoms with Gasteiger partial charge in [0.25, 0.3) is 0 Å². The lowest BCUT2D eigenvalue weighted by Crippen LogP contribution is -2.48. The van der Waals surface area contributed by atoms with Crippen LogP contribution < -0.4 is 0 Å². The monoisotopic (exact) mass is 249 g/mol. The van der Waals surface area contributed by atoms with Crippen molar-refractivity contribution in [3.63, 3.8) is 0 Å². The van der Waals surface area contributed by atoms with Gasteiger partial charge in [-0.15, -0.1) is 0 Å². The second-order valence-electron chi connectivity index (χ2n) is 5.12. The molecule has 1 aromatic rings. The Morgan fingerprint density at radius 2 is 1.83 bits per heavy atom. The van der Waals surface area contributed by atoms with Gasteiger partial charge in [0.15, 0.2) is 0 Å². The number of hydrogen-bond acceptors (Lipinski definition) is 3. The summed E-state index contributed by atoms with van der Waals surface area (Å²) in [4.78, 5) is 13.9.